The molecule has 1 atom stereocenters. The molecule has 0 aromatic heterocycles. The second-order valence-electron chi connectivity index (χ2n) is 5.45. The topological polar surface area (TPSA) is 104 Å². The van der Waals surface area contributed by atoms with Gasteiger partial charge in [0.2, 0.25) is 5.91 Å². The lowest BCUT2D eigenvalue weighted by Crippen LogP contribution is -2.45. The molecule has 1 unspecified atom stereocenters. The molecule has 20 heavy (non-hydrogen) atoms. The third kappa shape index (κ3) is 4.45. The van der Waals surface area contributed by atoms with Gasteiger partial charge in [0.05, 0.1) is 11.5 Å². The minimum atomic E-state index is -3.14. The van der Waals surface area contributed by atoms with Crippen LogP contribution in [0.5, 0.6) is 0 Å². The fourth-order valence-electron chi connectivity index (χ4n) is 2.40. The summed E-state index contributed by atoms with van der Waals surface area (Å²) in [6.07, 6.45) is 2.78. The lowest BCUT2D eigenvalue weighted by molar-refractivity contribution is -0.145. The van der Waals surface area contributed by atoms with Gasteiger partial charge in [-0.05, 0) is 19.3 Å². The summed E-state index contributed by atoms with van der Waals surface area (Å²) in [6, 6.07) is -0.00731. The van der Waals surface area contributed by atoms with E-state index in [1.54, 1.807) is 0 Å². The molecular formula is C12H20N2O5S. The van der Waals surface area contributed by atoms with Gasteiger partial charge in [0.25, 0.3) is 0 Å². The molecule has 114 valence electrons. The minimum absolute atomic E-state index is 0.0292. The van der Waals surface area contributed by atoms with Crippen molar-refractivity contribution >= 4 is 21.7 Å². The third-order valence-corrected chi connectivity index (χ3v) is 5.37. The van der Waals surface area contributed by atoms with Crippen molar-refractivity contribution < 1.29 is 23.1 Å². The number of nitrogens with zero attached hydrogens (tertiary/aromatic N) is 1. The molecule has 8 heteroatoms. The van der Waals surface area contributed by atoms with Crippen LogP contribution in [0.4, 0.5) is 0 Å². The number of aliphatic carboxylic acids is 1. The van der Waals surface area contributed by atoms with Crippen LogP contribution in [0.1, 0.15) is 25.7 Å². The van der Waals surface area contributed by atoms with E-state index in [1.807, 2.05) is 0 Å². The highest BCUT2D eigenvalue weighted by molar-refractivity contribution is 7.91. The van der Waals surface area contributed by atoms with E-state index in [9.17, 15) is 18.0 Å². The molecule has 1 amide bonds. The number of carbonyl (C=O) groups excluding carboxylic acids is 1. The van der Waals surface area contributed by atoms with Crippen molar-refractivity contribution in [2.24, 2.45) is 0 Å². The van der Waals surface area contributed by atoms with E-state index >= 15 is 0 Å². The van der Waals surface area contributed by atoms with Gasteiger partial charge in [-0.2, -0.15) is 0 Å². The number of carboxylic acid groups (broad SMARTS) is 1. The van der Waals surface area contributed by atoms with E-state index in [0.717, 1.165) is 12.8 Å². The lowest BCUT2D eigenvalue weighted by atomic mass is 10.2. The molecule has 2 fully saturated rings. The zero-order valence-corrected chi connectivity index (χ0v) is 12.1. The molecule has 1 heterocycles. The average Bonchev–Trinajstić information content (AvgIpc) is 3.09. The van der Waals surface area contributed by atoms with Gasteiger partial charge in [-0.1, -0.05) is 0 Å². The summed E-state index contributed by atoms with van der Waals surface area (Å²) in [4.78, 5) is 24.2. The van der Waals surface area contributed by atoms with E-state index in [1.165, 1.54) is 4.90 Å². The smallest absolute Gasteiger partial charge is 0.323 e. The van der Waals surface area contributed by atoms with Crippen LogP contribution in [-0.4, -0.2) is 67.0 Å². The zero-order valence-electron chi connectivity index (χ0n) is 11.2. The first-order valence-electron chi connectivity index (χ1n) is 6.82. The van der Waals surface area contributed by atoms with Gasteiger partial charge in [0, 0.05) is 25.0 Å². The van der Waals surface area contributed by atoms with Crippen molar-refractivity contribution in [3.05, 3.63) is 0 Å². The molecule has 0 spiro atoms. The number of sulfone groups is 1. The largest absolute Gasteiger partial charge is 0.480 e. The Bertz CT molecular complexity index is 486. The van der Waals surface area contributed by atoms with Gasteiger partial charge in [-0.3, -0.25) is 9.59 Å². The molecule has 1 aliphatic carbocycles. The number of rotatable bonds is 7. The quantitative estimate of drug-likeness (QED) is 0.640. The summed E-state index contributed by atoms with van der Waals surface area (Å²) < 4.78 is 22.9. The van der Waals surface area contributed by atoms with Crippen molar-refractivity contribution in [3.8, 4) is 0 Å². The molecule has 0 aromatic carbocycles. The Hall–Kier alpha value is -1.15. The van der Waals surface area contributed by atoms with Crippen molar-refractivity contribution in [3.63, 3.8) is 0 Å². The van der Waals surface area contributed by atoms with Crippen molar-refractivity contribution in [1.29, 1.82) is 0 Å². The molecule has 2 aliphatic rings. The summed E-state index contributed by atoms with van der Waals surface area (Å²) >= 11 is 0. The number of carbonyl (C=O) groups is 2. The normalized spacial score (nSPS) is 24.5. The van der Waals surface area contributed by atoms with E-state index in [2.05, 4.69) is 5.32 Å². The standard InChI is InChI=1S/C12H20N2O5S/c15-11(3-5-13-9-1-2-9)14(7-12(16)17)10-4-6-20(18,19)8-10/h9-10,13H,1-8H2,(H,16,17). The number of hydrogen-bond donors (Lipinski definition) is 2. The maximum absolute atomic E-state index is 12.1. The molecule has 7 nitrogen and oxygen atoms in total. The summed E-state index contributed by atoms with van der Waals surface area (Å²) in [6.45, 7) is 0.0849. The SMILES string of the molecule is O=C(O)CN(C(=O)CCNC1CC1)C1CCS(=O)(=O)C1. The van der Waals surface area contributed by atoms with Gasteiger partial charge in [-0.15, -0.1) is 0 Å². The summed E-state index contributed by atoms with van der Waals surface area (Å²) in [5, 5.41) is 12.1. The third-order valence-electron chi connectivity index (χ3n) is 3.62. The van der Waals surface area contributed by atoms with Gasteiger partial charge >= 0.3 is 5.97 Å². The highest BCUT2D eigenvalue weighted by atomic mass is 32.2. The Balaban J connectivity index is 1.91. The number of nitrogens with one attached hydrogen (secondary N) is 1. The van der Waals surface area contributed by atoms with E-state index < -0.39 is 28.4 Å². The summed E-state index contributed by atoms with van der Waals surface area (Å²) in [5.41, 5.74) is 0. The summed E-state index contributed by atoms with van der Waals surface area (Å²) in [5.74, 6) is -1.50. The Labute approximate surface area is 118 Å². The molecule has 0 aromatic rings. The molecular weight excluding hydrogens is 284 g/mol. The number of hydrogen-bond acceptors (Lipinski definition) is 5. The van der Waals surface area contributed by atoms with Crippen LogP contribution in [0.2, 0.25) is 0 Å². The molecule has 1 saturated heterocycles. The average molecular weight is 304 g/mol. The Morgan fingerprint density at radius 3 is 2.45 bits per heavy atom. The van der Waals surface area contributed by atoms with Crippen LogP contribution in [0, 0.1) is 0 Å². The highest BCUT2D eigenvalue weighted by Gasteiger charge is 2.35. The second kappa shape index (κ2) is 6.09. The predicted molar refractivity (Wildman–Crippen MR) is 72.0 cm³/mol. The maximum Gasteiger partial charge on any atom is 0.323 e. The number of carboxylic acids is 1. The van der Waals surface area contributed by atoms with E-state index in [0.29, 0.717) is 19.0 Å². The van der Waals surface area contributed by atoms with E-state index in [4.69, 9.17) is 5.11 Å². The maximum atomic E-state index is 12.1. The Morgan fingerprint density at radius 2 is 1.95 bits per heavy atom. The van der Waals surface area contributed by atoms with Crippen LogP contribution in [0.25, 0.3) is 0 Å². The first kappa shape index (κ1) is 15.2. The van der Waals surface area contributed by atoms with Crippen LogP contribution in [-0.2, 0) is 19.4 Å². The van der Waals surface area contributed by atoms with Gasteiger partial charge in [-0.25, -0.2) is 8.42 Å². The van der Waals surface area contributed by atoms with Gasteiger partial charge in [0.15, 0.2) is 9.84 Å². The molecule has 1 aliphatic heterocycles. The Morgan fingerprint density at radius 1 is 1.25 bits per heavy atom. The molecule has 1 saturated carbocycles. The van der Waals surface area contributed by atoms with E-state index in [-0.39, 0.29) is 23.8 Å². The van der Waals surface area contributed by atoms with Crippen molar-refractivity contribution in [2.75, 3.05) is 24.6 Å². The fourth-order valence-corrected chi connectivity index (χ4v) is 4.13. The first-order valence-corrected chi connectivity index (χ1v) is 8.64. The van der Waals surface area contributed by atoms with Crippen LogP contribution < -0.4 is 5.32 Å². The molecule has 2 N–H and O–H groups in total. The van der Waals surface area contributed by atoms with Gasteiger partial charge in [0.1, 0.15) is 6.54 Å². The van der Waals surface area contributed by atoms with Crippen molar-refractivity contribution in [1.82, 2.24) is 10.2 Å². The highest BCUT2D eigenvalue weighted by Crippen LogP contribution is 2.20. The first-order chi connectivity index (χ1) is 9.37. The second-order valence-corrected chi connectivity index (χ2v) is 7.68. The lowest BCUT2D eigenvalue weighted by Gasteiger charge is -2.26. The fraction of sp³-hybridized carbons (Fsp3) is 0.833. The number of amides is 1. The van der Waals surface area contributed by atoms with Crippen LogP contribution >= 0.6 is 0 Å². The Kier molecular flexibility index (Phi) is 4.64. The van der Waals surface area contributed by atoms with Crippen LogP contribution in [0.15, 0.2) is 0 Å². The zero-order chi connectivity index (χ0) is 14.8. The minimum Gasteiger partial charge on any atom is -0.480 e. The predicted octanol–water partition coefficient (Wildman–Crippen LogP) is -0.771. The molecule has 0 bridgehead atoms. The van der Waals surface area contributed by atoms with Gasteiger partial charge < -0.3 is 15.3 Å². The summed E-state index contributed by atoms with van der Waals surface area (Å²) in [7, 11) is -3.14. The van der Waals surface area contributed by atoms with Crippen LogP contribution in [0.3, 0.4) is 0 Å². The van der Waals surface area contributed by atoms with Crippen molar-refractivity contribution in [2.45, 2.75) is 37.8 Å². The molecule has 2 rings (SSSR count). The monoisotopic (exact) mass is 304 g/mol. The molecule has 0 radical (unpaired) electrons.